The van der Waals surface area contributed by atoms with Gasteiger partial charge in [0, 0.05) is 6.54 Å². The van der Waals surface area contributed by atoms with Gasteiger partial charge < -0.3 is 5.32 Å². The Bertz CT molecular complexity index is 859. The maximum absolute atomic E-state index is 12.5. The summed E-state index contributed by atoms with van der Waals surface area (Å²) < 4.78 is 25.7. The molecule has 27 heavy (non-hydrogen) atoms. The number of carbonyl (C=O) groups is 1. The Balaban J connectivity index is 1.96. The van der Waals surface area contributed by atoms with Gasteiger partial charge >= 0.3 is 0 Å². The molecule has 0 aliphatic carbocycles. The molecule has 0 spiro atoms. The summed E-state index contributed by atoms with van der Waals surface area (Å²) in [4.78, 5) is 12.5. The summed E-state index contributed by atoms with van der Waals surface area (Å²) in [5, 5.41) is 2.85. The van der Waals surface area contributed by atoms with Gasteiger partial charge in [-0.2, -0.15) is 0 Å². The highest BCUT2D eigenvalue weighted by atomic mass is 32.2. The molecule has 0 unspecified atom stereocenters. The van der Waals surface area contributed by atoms with E-state index in [1.807, 2.05) is 26.0 Å². The number of nitrogens with zero attached hydrogens (tertiary/aromatic N) is 1. The molecule has 6 heteroatoms. The van der Waals surface area contributed by atoms with E-state index in [0.29, 0.717) is 12.2 Å². The molecule has 1 N–H and O–H groups in total. The van der Waals surface area contributed by atoms with Crippen molar-refractivity contribution in [3.05, 3.63) is 65.2 Å². The number of aryl methyl sites for hydroxylation is 3. The van der Waals surface area contributed by atoms with Gasteiger partial charge in [0.25, 0.3) is 0 Å². The van der Waals surface area contributed by atoms with E-state index in [9.17, 15) is 13.2 Å². The topological polar surface area (TPSA) is 66.5 Å². The Labute approximate surface area is 162 Å². The second-order valence-electron chi connectivity index (χ2n) is 6.95. The standard InChI is InChI=1S/C21H28N2O3S/c1-16-7-11-19(12-8-16)6-5-15-22-21(24)18(3)23(27(4,25)26)20-13-9-17(2)10-14-20/h7-14,18H,5-6,15H2,1-4H3,(H,22,24)/t18-/m0/s1. The molecule has 5 nitrogen and oxygen atoms in total. The molecular weight excluding hydrogens is 360 g/mol. The lowest BCUT2D eigenvalue weighted by atomic mass is 10.1. The van der Waals surface area contributed by atoms with Crippen LogP contribution in [0.15, 0.2) is 48.5 Å². The third-order valence-electron chi connectivity index (χ3n) is 4.44. The van der Waals surface area contributed by atoms with Crippen LogP contribution in [-0.4, -0.2) is 33.2 Å². The summed E-state index contributed by atoms with van der Waals surface area (Å²) >= 11 is 0. The fourth-order valence-electron chi connectivity index (χ4n) is 2.91. The lowest BCUT2D eigenvalue weighted by molar-refractivity contribution is -0.121. The van der Waals surface area contributed by atoms with Crippen LogP contribution in [0.5, 0.6) is 0 Å². The molecule has 0 aliphatic rings. The largest absolute Gasteiger partial charge is 0.354 e. The maximum atomic E-state index is 12.5. The van der Waals surface area contributed by atoms with E-state index < -0.39 is 16.1 Å². The Morgan fingerprint density at radius 1 is 1.00 bits per heavy atom. The summed E-state index contributed by atoms with van der Waals surface area (Å²) in [6.07, 6.45) is 2.78. The molecule has 2 aromatic carbocycles. The number of benzene rings is 2. The first-order valence-electron chi connectivity index (χ1n) is 9.08. The van der Waals surface area contributed by atoms with Crippen LogP contribution in [0.25, 0.3) is 0 Å². The highest BCUT2D eigenvalue weighted by Crippen LogP contribution is 2.21. The molecule has 0 radical (unpaired) electrons. The van der Waals surface area contributed by atoms with Gasteiger partial charge in [0.1, 0.15) is 6.04 Å². The molecule has 0 saturated heterocycles. The molecule has 0 aliphatic heterocycles. The maximum Gasteiger partial charge on any atom is 0.243 e. The van der Waals surface area contributed by atoms with Gasteiger partial charge in [-0.25, -0.2) is 8.42 Å². The molecule has 2 aromatic rings. The predicted octanol–water partition coefficient (Wildman–Crippen LogP) is 3.21. The number of amides is 1. The third kappa shape index (κ3) is 6.10. The number of sulfonamides is 1. The summed E-state index contributed by atoms with van der Waals surface area (Å²) in [5.41, 5.74) is 3.96. The molecule has 146 valence electrons. The fourth-order valence-corrected chi connectivity index (χ4v) is 4.08. The first kappa shape index (κ1) is 21.0. The Morgan fingerprint density at radius 3 is 2.04 bits per heavy atom. The van der Waals surface area contributed by atoms with Crippen LogP contribution in [0.4, 0.5) is 5.69 Å². The van der Waals surface area contributed by atoms with E-state index in [2.05, 4.69) is 29.6 Å². The number of hydrogen-bond donors (Lipinski definition) is 1. The van der Waals surface area contributed by atoms with Crippen LogP contribution < -0.4 is 9.62 Å². The molecule has 0 saturated carbocycles. The summed E-state index contributed by atoms with van der Waals surface area (Å²) in [6.45, 7) is 6.09. The number of anilines is 1. The SMILES string of the molecule is Cc1ccc(CCCNC(=O)[C@H](C)N(c2ccc(C)cc2)S(C)(=O)=O)cc1. The molecule has 0 fully saturated rings. The monoisotopic (exact) mass is 388 g/mol. The number of nitrogens with one attached hydrogen (secondary N) is 1. The smallest absolute Gasteiger partial charge is 0.243 e. The minimum absolute atomic E-state index is 0.301. The Morgan fingerprint density at radius 2 is 1.52 bits per heavy atom. The van der Waals surface area contributed by atoms with Crippen molar-refractivity contribution < 1.29 is 13.2 Å². The van der Waals surface area contributed by atoms with E-state index in [0.717, 1.165) is 24.7 Å². The zero-order valence-electron chi connectivity index (χ0n) is 16.4. The van der Waals surface area contributed by atoms with Crippen molar-refractivity contribution in [1.29, 1.82) is 0 Å². The summed E-state index contributed by atoms with van der Waals surface area (Å²) in [6, 6.07) is 14.6. The Hall–Kier alpha value is -2.34. The van der Waals surface area contributed by atoms with E-state index in [1.165, 1.54) is 15.4 Å². The van der Waals surface area contributed by atoms with Gasteiger partial charge in [0.15, 0.2) is 0 Å². The number of rotatable bonds is 8. The Kier molecular flexibility index (Phi) is 7.02. The first-order chi connectivity index (χ1) is 12.7. The van der Waals surface area contributed by atoms with Crippen LogP contribution in [0, 0.1) is 13.8 Å². The zero-order chi connectivity index (χ0) is 20.0. The van der Waals surface area contributed by atoms with Crippen molar-refractivity contribution in [3.63, 3.8) is 0 Å². The quantitative estimate of drug-likeness (QED) is 0.706. The van der Waals surface area contributed by atoms with E-state index >= 15 is 0 Å². The van der Waals surface area contributed by atoms with Crippen LogP contribution in [0.2, 0.25) is 0 Å². The highest BCUT2D eigenvalue weighted by molar-refractivity contribution is 7.92. The van der Waals surface area contributed by atoms with Crippen molar-refractivity contribution >= 4 is 21.6 Å². The van der Waals surface area contributed by atoms with E-state index in [-0.39, 0.29) is 5.91 Å². The van der Waals surface area contributed by atoms with Crippen molar-refractivity contribution in [2.24, 2.45) is 0 Å². The lowest BCUT2D eigenvalue weighted by Gasteiger charge is -2.28. The zero-order valence-corrected chi connectivity index (χ0v) is 17.2. The van der Waals surface area contributed by atoms with Crippen molar-refractivity contribution in [1.82, 2.24) is 5.32 Å². The summed E-state index contributed by atoms with van der Waals surface area (Å²) in [5.74, 6) is -0.301. The van der Waals surface area contributed by atoms with E-state index in [1.54, 1.807) is 19.1 Å². The van der Waals surface area contributed by atoms with Gasteiger partial charge in [0.2, 0.25) is 15.9 Å². The molecule has 0 heterocycles. The highest BCUT2D eigenvalue weighted by Gasteiger charge is 2.28. The van der Waals surface area contributed by atoms with Gasteiger partial charge in [-0.05, 0) is 51.3 Å². The molecule has 0 bridgehead atoms. The van der Waals surface area contributed by atoms with Gasteiger partial charge in [-0.1, -0.05) is 47.5 Å². The van der Waals surface area contributed by atoms with Crippen LogP contribution in [-0.2, 0) is 21.2 Å². The first-order valence-corrected chi connectivity index (χ1v) is 10.9. The van der Waals surface area contributed by atoms with Gasteiger partial charge in [0.05, 0.1) is 11.9 Å². The van der Waals surface area contributed by atoms with Gasteiger partial charge in [-0.3, -0.25) is 9.10 Å². The van der Waals surface area contributed by atoms with Crippen molar-refractivity contribution in [2.45, 2.75) is 39.7 Å². The lowest BCUT2D eigenvalue weighted by Crippen LogP contribution is -2.48. The van der Waals surface area contributed by atoms with Crippen LogP contribution in [0.3, 0.4) is 0 Å². The van der Waals surface area contributed by atoms with Crippen LogP contribution >= 0.6 is 0 Å². The summed E-state index contributed by atoms with van der Waals surface area (Å²) in [7, 11) is -3.58. The number of carbonyl (C=O) groups excluding carboxylic acids is 1. The van der Waals surface area contributed by atoms with Gasteiger partial charge in [-0.15, -0.1) is 0 Å². The molecule has 0 aromatic heterocycles. The average molecular weight is 389 g/mol. The fraction of sp³-hybridized carbons (Fsp3) is 0.381. The predicted molar refractivity (Wildman–Crippen MR) is 110 cm³/mol. The second kappa shape index (κ2) is 9.04. The second-order valence-corrected chi connectivity index (χ2v) is 8.81. The van der Waals surface area contributed by atoms with Crippen LogP contribution in [0.1, 0.15) is 30.0 Å². The number of hydrogen-bond acceptors (Lipinski definition) is 3. The molecular formula is C21H28N2O3S. The van der Waals surface area contributed by atoms with Crippen molar-refractivity contribution in [2.75, 3.05) is 17.1 Å². The van der Waals surface area contributed by atoms with E-state index in [4.69, 9.17) is 0 Å². The van der Waals surface area contributed by atoms with Crippen molar-refractivity contribution in [3.8, 4) is 0 Å². The third-order valence-corrected chi connectivity index (χ3v) is 5.68. The normalized spacial score (nSPS) is 12.4. The minimum atomic E-state index is -3.58. The average Bonchev–Trinajstić information content (AvgIpc) is 2.60. The minimum Gasteiger partial charge on any atom is -0.354 e. The molecule has 2 rings (SSSR count). The molecule has 1 amide bonds. The molecule has 1 atom stereocenters.